The summed E-state index contributed by atoms with van der Waals surface area (Å²) in [5.74, 6) is 0.588. The SMILES string of the molecule is CCCCC(CC)C(=O)Oc1ccccc1.N. The van der Waals surface area contributed by atoms with Gasteiger partial charge in [-0.15, -0.1) is 0 Å². The number of ether oxygens (including phenoxy) is 1. The maximum Gasteiger partial charge on any atom is 0.314 e. The van der Waals surface area contributed by atoms with Crippen LogP contribution >= 0.6 is 0 Å². The number of hydrogen-bond donors (Lipinski definition) is 1. The maximum atomic E-state index is 11.8. The Hall–Kier alpha value is -1.35. The molecule has 0 heterocycles. The fourth-order valence-corrected chi connectivity index (χ4v) is 1.63. The number of rotatable bonds is 6. The van der Waals surface area contributed by atoms with E-state index in [4.69, 9.17) is 4.74 Å². The summed E-state index contributed by atoms with van der Waals surface area (Å²) in [7, 11) is 0. The van der Waals surface area contributed by atoms with E-state index in [-0.39, 0.29) is 18.0 Å². The minimum Gasteiger partial charge on any atom is -0.426 e. The highest BCUT2D eigenvalue weighted by Gasteiger charge is 2.17. The van der Waals surface area contributed by atoms with Crippen molar-refractivity contribution in [2.24, 2.45) is 5.92 Å². The molecule has 1 rings (SSSR count). The molecule has 0 radical (unpaired) electrons. The summed E-state index contributed by atoms with van der Waals surface area (Å²) in [6.45, 7) is 4.17. The minimum absolute atomic E-state index is 0. The van der Waals surface area contributed by atoms with E-state index in [1.165, 1.54) is 0 Å². The Kier molecular flexibility index (Phi) is 8.07. The molecule has 17 heavy (non-hydrogen) atoms. The molecule has 0 fully saturated rings. The second kappa shape index (κ2) is 8.76. The zero-order valence-corrected chi connectivity index (χ0v) is 10.8. The van der Waals surface area contributed by atoms with E-state index in [1.54, 1.807) is 0 Å². The van der Waals surface area contributed by atoms with E-state index >= 15 is 0 Å². The van der Waals surface area contributed by atoms with Gasteiger partial charge < -0.3 is 10.9 Å². The van der Waals surface area contributed by atoms with Gasteiger partial charge in [0.2, 0.25) is 0 Å². The fraction of sp³-hybridized carbons (Fsp3) is 0.500. The van der Waals surface area contributed by atoms with Crippen LogP contribution in [0.15, 0.2) is 30.3 Å². The second-order valence-electron chi connectivity index (χ2n) is 3.98. The lowest BCUT2D eigenvalue weighted by atomic mass is 10.00. The second-order valence-corrected chi connectivity index (χ2v) is 3.98. The summed E-state index contributed by atoms with van der Waals surface area (Å²) in [6, 6.07) is 9.27. The first-order valence-electron chi connectivity index (χ1n) is 6.04. The van der Waals surface area contributed by atoms with Crippen molar-refractivity contribution in [1.29, 1.82) is 0 Å². The van der Waals surface area contributed by atoms with E-state index in [2.05, 4.69) is 6.92 Å². The zero-order chi connectivity index (χ0) is 11.8. The van der Waals surface area contributed by atoms with E-state index < -0.39 is 0 Å². The van der Waals surface area contributed by atoms with Gasteiger partial charge in [0.1, 0.15) is 5.75 Å². The third-order valence-electron chi connectivity index (χ3n) is 2.69. The van der Waals surface area contributed by atoms with E-state index in [1.807, 2.05) is 37.3 Å². The van der Waals surface area contributed by atoms with Crippen LogP contribution < -0.4 is 10.9 Å². The monoisotopic (exact) mass is 237 g/mol. The van der Waals surface area contributed by atoms with Gasteiger partial charge in [0, 0.05) is 0 Å². The van der Waals surface area contributed by atoms with Gasteiger partial charge in [0.05, 0.1) is 5.92 Å². The minimum atomic E-state index is -0.0952. The first kappa shape index (κ1) is 15.7. The van der Waals surface area contributed by atoms with Crippen LogP contribution in [0.4, 0.5) is 0 Å². The lowest BCUT2D eigenvalue weighted by molar-refractivity contribution is -0.139. The molecule has 0 aliphatic carbocycles. The Morgan fingerprint density at radius 1 is 1.24 bits per heavy atom. The van der Waals surface area contributed by atoms with Gasteiger partial charge in [-0.25, -0.2) is 0 Å². The Morgan fingerprint density at radius 3 is 2.41 bits per heavy atom. The molecule has 0 aliphatic rings. The molecule has 0 bridgehead atoms. The number of benzene rings is 1. The highest BCUT2D eigenvalue weighted by atomic mass is 16.5. The summed E-state index contributed by atoms with van der Waals surface area (Å²) in [6.07, 6.45) is 3.99. The lowest BCUT2D eigenvalue weighted by Crippen LogP contribution is -2.19. The third kappa shape index (κ3) is 5.50. The van der Waals surface area contributed by atoms with E-state index in [0.29, 0.717) is 5.75 Å². The van der Waals surface area contributed by atoms with Gasteiger partial charge in [-0.05, 0) is 25.0 Å². The Morgan fingerprint density at radius 2 is 1.88 bits per heavy atom. The van der Waals surface area contributed by atoms with Crippen molar-refractivity contribution in [2.45, 2.75) is 39.5 Å². The van der Waals surface area contributed by atoms with Crippen LogP contribution in [0.2, 0.25) is 0 Å². The molecule has 96 valence electrons. The van der Waals surface area contributed by atoms with Crippen molar-refractivity contribution < 1.29 is 9.53 Å². The average molecular weight is 237 g/mol. The molecule has 1 unspecified atom stereocenters. The number of esters is 1. The van der Waals surface area contributed by atoms with Gasteiger partial charge in [0.15, 0.2) is 0 Å². The summed E-state index contributed by atoms with van der Waals surface area (Å²) in [4.78, 5) is 11.8. The average Bonchev–Trinajstić information content (AvgIpc) is 2.31. The lowest BCUT2D eigenvalue weighted by Gasteiger charge is -2.13. The van der Waals surface area contributed by atoms with Gasteiger partial charge in [-0.1, -0.05) is 44.9 Å². The number of carbonyl (C=O) groups excluding carboxylic acids is 1. The van der Waals surface area contributed by atoms with Crippen LogP contribution in [-0.4, -0.2) is 5.97 Å². The molecule has 1 atom stereocenters. The summed E-state index contributed by atoms with van der Waals surface area (Å²) < 4.78 is 5.33. The summed E-state index contributed by atoms with van der Waals surface area (Å²) >= 11 is 0. The quantitative estimate of drug-likeness (QED) is 0.601. The van der Waals surface area contributed by atoms with Crippen LogP contribution in [0.1, 0.15) is 39.5 Å². The van der Waals surface area contributed by atoms with Gasteiger partial charge in [-0.3, -0.25) is 4.79 Å². The van der Waals surface area contributed by atoms with Gasteiger partial charge in [-0.2, -0.15) is 0 Å². The molecule has 3 N–H and O–H groups in total. The van der Waals surface area contributed by atoms with Crippen molar-refractivity contribution in [3.63, 3.8) is 0 Å². The van der Waals surface area contributed by atoms with Crippen molar-refractivity contribution in [3.05, 3.63) is 30.3 Å². The molecule has 0 aliphatic heterocycles. The van der Waals surface area contributed by atoms with Crippen molar-refractivity contribution in [2.75, 3.05) is 0 Å². The summed E-state index contributed by atoms with van der Waals surface area (Å²) in [5.41, 5.74) is 0. The first-order chi connectivity index (χ1) is 7.77. The maximum absolute atomic E-state index is 11.8. The number of para-hydroxylation sites is 1. The molecular weight excluding hydrogens is 214 g/mol. The highest BCUT2D eigenvalue weighted by Crippen LogP contribution is 2.17. The normalized spacial score (nSPS) is 11.4. The fourth-order valence-electron chi connectivity index (χ4n) is 1.63. The molecule has 0 spiro atoms. The van der Waals surface area contributed by atoms with E-state index in [9.17, 15) is 4.79 Å². The molecule has 0 saturated heterocycles. The number of unbranched alkanes of at least 4 members (excludes halogenated alkanes) is 1. The first-order valence-corrected chi connectivity index (χ1v) is 6.04. The van der Waals surface area contributed by atoms with Crippen LogP contribution in [-0.2, 0) is 4.79 Å². The number of carbonyl (C=O) groups is 1. The molecule has 0 saturated carbocycles. The predicted octanol–water partition coefficient (Wildman–Crippen LogP) is 3.97. The smallest absolute Gasteiger partial charge is 0.314 e. The predicted molar refractivity (Wildman–Crippen MR) is 70.4 cm³/mol. The highest BCUT2D eigenvalue weighted by molar-refractivity contribution is 5.74. The van der Waals surface area contributed by atoms with Crippen molar-refractivity contribution >= 4 is 5.97 Å². The molecule has 3 heteroatoms. The molecular formula is C14H23NO2. The zero-order valence-electron chi connectivity index (χ0n) is 10.8. The molecule has 1 aromatic rings. The molecule has 0 amide bonds. The van der Waals surface area contributed by atoms with Gasteiger partial charge >= 0.3 is 5.97 Å². The van der Waals surface area contributed by atoms with Crippen LogP contribution in [0, 0.1) is 5.92 Å². The largest absolute Gasteiger partial charge is 0.426 e. The van der Waals surface area contributed by atoms with Crippen molar-refractivity contribution in [3.8, 4) is 5.75 Å². The molecule has 3 nitrogen and oxygen atoms in total. The molecule has 0 aromatic heterocycles. The summed E-state index contributed by atoms with van der Waals surface area (Å²) in [5, 5.41) is 0. The number of hydrogen-bond acceptors (Lipinski definition) is 3. The van der Waals surface area contributed by atoms with Crippen molar-refractivity contribution in [1.82, 2.24) is 6.15 Å². The third-order valence-corrected chi connectivity index (χ3v) is 2.69. The Labute approximate surface area is 104 Å². The van der Waals surface area contributed by atoms with Crippen LogP contribution in [0.25, 0.3) is 0 Å². The van der Waals surface area contributed by atoms with Crippen LogP contribution in [0.5, 0.6) is 5.75 Å². The Bertz CT molecular complexity index is 311. The van der Waals surface area contributed by atoms with Crippen LogP contribution in [0.3, 0.4) is 0 Å². The standard InChI is InChI=1S/C14H20O2.H3N/c1-3-5-9-12(4-2)14(15)16-13-10-7-6-8-11-13;/h6-8,10-12H,3-5,9H2,1-2H3;1H3. The Balaban J connectivity index is 0.00000256. The van der Waals surface area contributed by atoms with Gasteiger partial charge in [0.25, 0.3) is 0 Å². The van der Waals surface area contributed by atoms with E-state index in [0.717, 1.165) is 25.7 Å². The topological polar surface area (TPSA) is 61.3 Å². The molecule has 1 aromatic carbocycles.